The molecular formula is C17H20N6O3S. The Kier molecular flexibility index (Phi) is 4.22. The maximum Gasteiger partial charge on any atom is 0.273 e. The lowest BCUT2D eigenvalue weighted by Gasteiger charge is -2.47. The van der Waals surface area contributed by atoms with Crippen LogP contribution >= 0.6 is 11.3 Å². The summed E-state index contributed by atoms with van der Waals surface area (Å²) in [6.07, 6.45) is 4.04. The lowest BCUT2D eigenvalue weighted by atomic mass is 9.92. The van der Waals surface area contributed by atoms with Gasteiger partial charge in [0.15, 0.2) is 0 Å². The van der Waals surface area contributed by atoms with E-state index < -0.39 is 5.54 Å². The Morgan fingerprint density at radius 3 is 2.74 bits per heavy atom. The first-order valence-electron chi connectivity index (χ1n) is 8.64. The monoisotopic (exact) mass is 388 g/mol. The summed E-state index contributed by atoms with van der Waals surface area (Å²) in [5.74, 6) is -0.438. The van der Waals surface area contributed by atoms with Crippen molar-refractivity contribution in [2.24, 2.45) is 7.05 Å². The average Bonchev–Trinajstić information content (AvgIpc) is 3.37. The second-order valence-corrected chi connectivity index (χ2v) is 7.75. The van der Waals surface area contributed by atoms with Gasteiger partial charge in [0.05, 0.1) is 29.5 Å². The number of carbonyl (C=O) groups excluding carboxylic acids is 3. The number of hydrogen-bond acceptors (Lipinski definition) is 6. The number of amides is 3. The summed E-state index contributed by atoms with van der Waals surface area (Å²) in [6.45, 7) is 2.72. The van der Waals surface area contributed by atoms with E-state index in [0.717, 1.165) is 0 Å². The molecule has 0 bridgehead atoms. The normalized spacial score (nSPS) is 22.7. The Labute approximate surface area is 160 Å². The molecule has 0 radical (unpaired) electrons. The van der Waals surface area contributed by atoms with Gasteiger partial charge >= 0.3 is 0 Å². The molecule has 2 aromatic heterocycles. The van der Waals surface area contributed by atoms with Crippen molar-refractivity contribution in [3.63, 3.8) is 0 Å². The molecular weight excluding hydrogens is 368 g/mol. The van der Waals surface area contributed by atoms with Gasteiger partial charge in [-0.05, 0) is 6.42 Å². The van der Waals surface area contributed by atoms with Crippen molar-refractivity contribution >= 4 is 34.7 Å². The molecule has 0 N–H and O–H groups in total. The number of hydrogen-bond donors (Lipinski definition) is 0. The summed E-state index contributed by atoms with van der Waals surface area (Å²) in [4.78, 5) is 46.8. The van der Waals surface area contributed by atoms with Gasteiger partial charge in [-0.2, -0.15) is 5.10 Å². The SMILES string of the molecule is CC(=O)N1CC(=O)N(c2cnn(C)c2)CC12CCN(C(=O)c1cscn1)C2. The highest BCUT2D eigenvalue weighted by Gasteiger charge is 2.51. The van der Waals surface area contributed by atoms with Crippen LogP contribution in [-0.4, -0.2) is 74.0 Å². The van der Waals surface area contributed by atoms with Crippen LogP contribution in [0.15, 0.2) is 23.3 Å². The number of aromatic nitrogens is 3. The molecule has 1 spiro atoms. The molecule has 1 unspecified atom stereocenters. The smallest absolute Gasteiger partial charge is 0.273 e. The van der Waals surface area contributed by atoms with Crippen molar-refractivity contribution in [2.45, 2.75) is 18.9 Å². The molecule has 0 aliphatic carbocycles. The summed E-state index contributed by atoms with van der Waals surface area (Å²) in [6, 6.07) is 0. The predicted molar refractivity (Wildman–Crippen MR) is 98.3 cm³/mol. The Morgan fingerprint density at radius 1 is 1.30 bits per heavy atom. The fourth-order valence-corrected chi connectivity index (χ4v) is 4.47. The van der Waals surface area contributed by atoms with Crippen LogP contribution in [0, 0.1) is 0 Å². The highest BCUT2D eigenvalue weighted by Crippen LogP contribution is 2.35. The van der Waals surface area contributed by atoms with E-state index in [4.69, 9.17) is 0 Å². The molecule has 142 valence electrons. The van der Waals surface area contributed by atoms with Gasteiger partial charge in [-0.1, -0.05) is 0 Å². The number of aryl methyl sites for hydroxylation is 1. The lowest BCUT2D eigenvalue weighted by molar-refractivity contribution is -0.142. The second kappa shape index (κ2) is 6.45. The first kappa shape index (κ1) is 17.7. The molecule has 3 amide bonds. The van der Waals surface area contributed by atoms with E-state index in [1.54, 1.807) is 49.7 Å². The third-order valence-electron chi connectivity index (χ3n) is 5.27. The van der Waals surface area contributed by atoms with E-state index in [1.165, 1.54) is 18.3 Å². The van der Waals surface area contributed by atoms with E-state index >= 15 is 0 Å². The first-order chi connectivity index (χ1) is 12.9. The maximum absolute atomic E-state index is 12.7. The van der Waals surface area contributed by atoms with E-state index in [9.17, 15) is 14.4 Å². The van der Waals surface area contributed by atoms with Crippen LogP contribution < -0.4 is 4.90 Å². The third-order valence-corrected chi connectivity index (χ3v) is 5.86. The van der Waals surface area contributed by atoms with Gasteiger partial charge in [0, 0.05) is 38.6 Å². The van der Waals surface area contributed by atoms with E-state index in [-0.39, 0.29) is 24.3 Å². The van der Waals surface area contributed by atoms with Gasteiger partial charge in [0.25, 0.3) is 5.91 Å². The summed E-state index contributed by atoms with van der Waals surface area (Å²) in [5, 5.41) is 5.87. The van der Waals surface area contributed by atoms with Crippen LogP contribution in [0.4, 0.5) is 5.69 Å². The average molecular weight is 388 g/mol. The van der Waals surface area contributed by atoms with Gasteiger partial charge in [-0.25, -0.2) is 4.98 Å². The predicted octanol–water partition coefficient (Wildman–Crippen LogP) is 0.357. The zero-order chi connectivity index (χ0) is 19.2. The first-order valence-corrected chi connectivity index (χ1v) is 9.59. The molecule has 2 saturated heterocycles. The largest absolute Gasteiger partial charge is 0.335 e. The van der Waals surface area contributed by atoms with E-state index in [1.807, 2.05) is 0 Å². The summed E-state index contributed by atoms with van der Waals surface area (Å²) < 4.78 is 1.64. The van der Waals surface area contributed by atoms with E-state index in [2.05, 4.69) is 10.1 Å². The maximum atomic E-state index is 12.7. The van der Waals surface area contributed by atoms with E-state index in [0.29, 0.717) is 37.4 Å². The molecule has 1 atom stereocenters. The van der Waals surface area contributed by atoms with Gasteiger partial charge < -0.3 is 14.7 Å². The third kappa shape index (κ3) is 2.99. The molecule has 2 fully saturated rings. The Bertz CT molecular complexity index is 894. The summed E-state index contributed by atoms with van der Waals surface area (Å²) >= 11 is 1.37. The van der Waals surface area contributed by atoms with Crippen molar-refractivity contribution in [2.75, 3.05) is 31.1 Å². The van der Waals surface area contributed by atoms with Gasteiger partial charge in [0.2, 0.25) is 11.8 Å². The summed E-state index contributed by atoms with van der Waals surface area (Å²) in [5.41, 5.74) is 2.16. The fourth-order valence-electron chi connectivity index (χ4n) is 3.94. The number of carbonyl (C=O) groups is 3. The van der Waals surface area contributed by atoms with Crippen LogP contribution in [-0.2, 0) is 16.6 Å². The van der Waals surface area contributed by atoms with Crippen LogP contribution in [0.5, 0.6) is 0 Å². The molecule has 9 nitrogen and oxygen atoms in total. The molecule has 4 heterocycles. The van der Waals surface area contributed by atoms with Gasteiger partial charge in [-0.3, -0.25) is 19.1 Å². The highest BCUT2D eigenvalue weighted by atomic mass is 32.1. The molecule has 0 saturated carbocycles. The second-order valence-electron chi connectivity index (χ2n) is 7.03. The number of piperazine rings is 1. The van der Waals surface area contributed by atoms with Crippen LogP contribution in [0.1, 0.15) is 23.8 Å². The minimum Gasteiger partial charge on any atom is -0.335 e. The minimum atomic E-state index is -0.596. The highest BCUT2D eigenvalue weighted by molar-refractivity contribution is 7.07. The molecule has 10 heteroatoms. The van der Waals surface area contributed by atoms with Crippen molar-refractivity contribution in [3.05, 3.63) is 29.0 Å². The minimum absolute atomic E-state index is 0.00294. The number of rotatable bonds is 2. The molecule has 0 aromatic carbocycles. The number of anilines is 1. The lowest BCUT2D eigenvalue weighted by Crippen LogP contribution is -2.67. The van der Waals surface area contributed by atoms with Crippen LogP contribution in [0.25, 0.3) is 0 Å². The topological polar surface area (TPSA) is 91.6 Å². The zero-order valence-electron chi connectivity index (χ0n) is 15.2. The van der Waals surface area contributed by atoms with Crippen molar-refractivity contribution in [1.82, 2.24) is 24.6 Å². The van der Waals surface area contributed by atoms with Crippen molar-refractivity contribution < 1.29 is 14.4 Å². The van der Waals surface area contributed by atoms with Gasteiger partial charge in [0.1, 0.15) is 12.2 Å². The number of likely N-dealkylation sites (tertiary alicyclic amines) is 1. The van der Waals surface area contributed by atoms with Crippen LogP contribution in [0.2, 0.25) is 0 Å². The fraction of sp³-hybridized carbons (Fsp3) is 0.471. The number of thiazole rings is 1. The Hall–Kier alpha value is -2.75. The molecule has 2 aliphatic heterocycles. The summed E-state index contributed by atoms with van der Waals surface area (Å²) in [7, 11) is 1.79. The Morgan fingerprint density at radius 2 is 2.11 bits per heavy atom. The Balaban J connectivity index is 1.62. The molecule has 2 aliphatic rings. The zero-order valence-corrected chi connectivity index (χ0v) is 16.0. The molecule has 4 rings (SSSR count). The van der Waals surface area contributed by atoms with Crippen LogP contribution in [0.3, 0.4) is 0 Å². The standard InChI is InChI=1S/C17H20N6O3S/c1-12(24)23-7-15(25)22(13-5-19-20(2)6-13)10-17(23)3-4-21(9-17)16(26)14-8-27-11-18-14/h5-6,8,11H,3-4,7,9-10H2,1-2H3. The van der Waals surface area contributed by atoms with Crippen molar-refractivity contribution in [1.29, 1.82) is 0 Å². The molecule has 27 heavy (non-hydrogen) atoms. The van der Waals surface area contributed by atoms with Crippen molar-refractivity contribution in [3.8, 4) is 0 Å². The quantitative estimate of drug-likeness (QED) is 0.741. The molecule has 2 aromatic rings. The number of nitrogens with zero attached hydrogens (tertiary/aromatic N) is 6. The van der Waals surface area contributed by atoms with Gasteiger partial charge in [-0.15, -0.1) is 11.3 Å².